The van der Waals surface area contributed by atoms with Crippen molar-refractivity contribution in [1.29, 1.82) is 0 Å². The molecule has 1 aliphatic heterocycles. The second-order valence-corrected chi connectivity index (χ2v) is 6.32. The number of anilines is 1. The van der Waals surface area contributed by atoms with E-state index in [1.165, 1.54) is 0 Å². The molecular formula is C18H29N3O2. The highest BCUT2D eigenvalue weighted by Gasteiger charge is 2.26. The van der Waals surface area contributed by atoms with Crippen LogP contribution in [0, 0.1) is 0 Å². The van der Waals surface area contributed by atoms with Gasteiger partial charge in [-0.1, -0.05) is 6.42 Å². The van der Waals surface area contributed by atoms with Crippen molar-refractivity contribution >= 4 is 11.6 Å². The van der Waals surface area contributed by atoms with E-state index in [1.54, 1.807) is 0 Å². The smallest absolute Gasteiger partial charge is 0.254 e. The van der Waals surface area contributed by atoms with Crippen LogP contribution in [0.1, 0.15) is 43.5 Å². The van der Waals surface area contributed by atoms with E-state index < -0.39 is 0 Å². The molecule has 0 aromatic heterocycles. The minimum atomic E-state index is 0.0847. The minimum Gasteiger partial charge on any atom is -0.385 e. The molecule has 1 aliphatic rings. The molecule has 2 atom stereocenters. The van der Waals surface area contributed by atoms with E-state index in [0.717, 1.165) is 43.6 Å². The Morgan fingerprint density at radius 2 is 1.83 bits per heavy atom. The van der Waals surface area contributed by atoms with Crippen LogP contribution in [0.3, 0.4) is 0 Å². The van der Waals surface area contributed by atoms with Gasteiger partial charge in [0.15, 0.2) is 0 Å². The van der Waals surface area contributed by atoms with Crippen molar-refractivity contribution in [3.05, 3.63) is 29.8 Å². The molecule has 0 saturated carbocycles. The maximum Gasteiger partial charge on any atom is 0.254 e. The number of hydrogen-bond acceptors (Lipinski definition) is 4. The molecule has 128 valence electrons. The summed E-state index contributed by atoms with van der Waals surface area (Å²) >= 11 is 0. The van der Waals surface area contributed by atoms with E-state index in [4.69, 9.17) is 10.5 Å². The zero-order valence-electron chi connectivity index (χ0n) is 14.3. The number of unbranched alkanes of at least 4 members (excludes halogenated alkanes) is 2. The number of carbonyl (C=O) groups is 1. The summed E-state index contributed by atoms with van der Waals surface area (Å²) in [6, 6.07) is 7.75. The van der Waals surface area contributed by atoms with Crippen molar-refractivity contribution < 1.29 is 9.53 Å². The largest absolute Gasteiger partial charge is 0.385 e. The number of carbonyl (C=O) groups excluding carboxylic acids is 1. The molecule has 0 radical (unpaired) electrons. The number of morpholine rings is 1. The SMILES string of the molecule is CC1CN(C(=O)c2ccc(NCCCCCN)cc2)CC(C)O1. The third-order valence-corrected chi connectivity index (χ3v) is 4.05. The lowest BCUT2D eigenvalue weighted by Gasteiger charge is -2.35. The van der Waals surface area contributed by atoms with E-state index >= 15 is 0 Å². The Morgan fingerprint density at radius 1 is 1.17 bits per heavy atom. The lowest BCUT2D eigenvalue weighted by Crippen LogP contribution is -2.48. The van der Waals surface area contributed by atoms with Crippen molar-refractivity contribution in [2.24, 2.45) is 5.73 Å². The summed E-state index contributed by atoms with van der Waals surface area (Å²) in [5.41, 5.74) is 7.27. The molecule has 0 spiro atoms. The molecule has 1 aromatic carbocycles. The van der Waals surface area contributed by atoms with Gasteiger partial charge in [0.1, 0.15) is 0 Å². The third kappa shape index (κ3) is 5.52. The van der Waals surface area contributed by atoms with E-state index in [9.17, 15) is 4.79 Å². The molecule has 2 rings (SSSR count). The highest BCUT2D eigenvalue weighted by molar-refractivity contribution is 5.94. The molecule has 5 heteroatoms. The summed E-state index contributed by atoms with van der Waals surface area (Å²) in [6.45, 7) is 7.03. The number of nitrogens with one attached hydrogen (secondary N) is 1. The van der Waals surface area contributed by atoms with Crippen LogP contribution in [0.4, 0.5) is 5.69 Å². The van der Waals surface area contributed by atoms with Gasteiger partial charge in [0.25, 0.3) is 5.91 Å². The second kappa shape index (κ2) is 8.89. The van der Waals surface area contributed by atoms with Crippen LogP contribution in [-0.4, -0.2) is 49.2 Å². The number of ether oxygens (including phenoxy) is 1. The first-order valence-corrected chi connectivity index (χ1v) is 8.59. The number of nitrogens with two attached hydrogens (primary N) is 1. The fourth-order valence-corrected chi connectivity index (χ4v) is 2.94. The first kappa shape index (κ1) is 17.8. The maximum absolute atomic E-state index is 12.6. The maximum atomic E-state index is 12.6. The van der Waals surface area contributed by atoms with Crippen molar-refractivity contribution in [2.75, 3.05) is 31.5 Å². The van der Waals surface area contributed by atoms with Gasteiger partial charge in [-0.25, -0.2) is 0 Å². The van der Waals surface area contributed by atoms with Crippen molar-refractivity contribution in [1.82, 2.24) is 4.90 Å². The number of rotatable bonds is 7. The summed E-state index contributed by atoms with van der Waals surface area (Å²) in [5, 5.41) is 3.38. The van der Waals surface area contributed by atoms with Gasteiger partial charge < -0.3 is 20.7 Å². The molecule has 1 amide bonds. The molecule has 2 unspecified atom stereocenters. The molecule has 1 fully saturated rings. The lowest BCUT2D eigenvalue weighted by atomic mass is 10.1. The van der Waals surface area contributed by atoms with Crippen molar-refractivity contribution in [3.63, 3.8) is 0 Å². The number of nitrogens with zero attached hydrogens (tertiary/aromatic N) is 1. The van der Waals surface area contributed by atoms with E-state index in [1.807, 2.05) is 43.0 Å². The molecule has 1 aromatic rings. The topological polar surface area (TPSA) is 67.6 Å². The van der Waals surface area contributed by atoms with Crippen LogP contribution in [0.2, 0.25) is 0 Å². The first-order valence-electron chi connectivity index (χ1n) is 8.59. The highest BCUT2D eigenvalue weighted by Crippen LogP contribution is 2.16. The molecule has 23 heavy (non-hydrogen) atoms. The average molecular weight is 319 g/mol. The molecular weight excluding hydrogens is 290 g/mol. The van der Waals surface area contributed by atoms with Crippen LogP contribution in [0.15, 0.2) is 24.3 Å². The predicted molar refractivity (Wildman–Crippen MR) is 93.7 cm³/mol. The summed E-state index contributed by atoms with van der Waals surface area (Å²) in [5.74, 6) is 0.0847. The zero-order valence-corrected chi connectivity index (χ0v) is 14.3. The van der Waals surface area contributed by atoms with Crippen LogP contribution in [0.5, 0.6) is 0 Å². The Bertz CT molecular complexity index is 480. The van der Waals surface area contributed by atoms with E-state index in [-0.39, 0.29) is 18.1 Å². The van der Waals surface area contributed by atoms with Crippen molar-refractivity contribution in [2.45, 2.75) is 45.3 Å². The predicted octanol–water partition coefficient (Wildman–Crippen LogP) is 2.48. The van der Waals surface area contributed by atoms with Gasteiger partial charge in [0, 0.05) is 30.9 Å². The second-order valence-electron chi connectivity index (χ2n) is 6.32. The molecule has 0 bridgehead atoms. The van der Waals surface area contributed by atoms with Gasteiger partial charge in [-0.05, 0) is 57.5 Å². The number of hydrogen-bond donors (Lipinski definition) is 2. The van der Waals surface area contributed by atoms with Crippen LogP contribution < -0.4 is 11.1 Å². The first-order chi connectivity index (χ1) is 11.1. The number of amides is 1. The minimum absolute atomic E-state index is 0.0847. The third-order valence-electron chi connectivity index (χ3n) is 4.05. The Kier molecular flexibility index (Phi) is 6.86. The Balaban J connectivity index is 1.85. The summed E-state index contributed by atoms with van der Waals surface area (Å²) < 4.78 is 5.68. The van der Waals surface area contributed by atoms with Gasteiger partial charge in [-0.3, -0.25) is 4.79 Å². The standard InChI is InChI=1S/C18H29N3O2/c1-14-12-21(13-15(2)23-14)18(22)16-6-8-17(9-7-16)20-11-5-3-4-10-19/h6-9,14-15,20H,3-5,10-13,19H2,1-2H3. The summed E-state index contributed by atoms with van der Waals surface area (Å²) in [6.07, 6.45) is 3.52. The van der Waals surface area contributed by atoms with Gasteiger partial charge in [-0.15, -0.1) is 0 Å². The van der Waals surface area contributed by atoms with Crippen molar-refractivity contribution in [3.8, 4) is 0 Å². The molecule has 5 nitrogen and oxygen atoms in total. The van der Waals surface area contributed by atoms with Crippen LogP contribution in [0.25, 0.3) is 0 Å². The highest BCUT2D eigenvalue weighted by atomic mass is 16.5. The summed E-state index contributed by atoms with van der Waals surface area (Å²) in [7, 11) is 0. The fourth-order valence-electron chi connectivity index (χ4n) is 2.94. The van der Waals surface area contributed by atoms with Crippen LogP contribution >= 0.6 is 0 Å². The van der Waals surface area contributed by atoms with E-state index in [0.29, 0.717) is 13.1 Å². The summed E-state index contributed by atoms with van der Waals surface area (Å²) in [4.78, 5) is 14.5. The number of benzene rings is 1. The lowest BCUT2D eigenvalue weighted by molar-refractivity contribution is -0.0586. The molecule has 3 N–H and O–H groups in total. The van der Waals surface area contributed by atoms with E-state index in [2.05, 4.69) is 5.32 Å². The zero-order chi connectivity index (χ0) is 16.7. The van der Waals surface area contributed by atoms with Gasteiger partial charge in [-0.2, -0.15) is 0 Å². The van der Waals surface area contributed by atoms with Gasteiger partial charge in [0.05, 0.1) is 12.2 Å². The monoisotopic (exact) mass is 319 g/mol. The van der Waals surface area contributed by atoms with Gasteiger partial charge >= 0.3 is 0 Å². The average Bonchev–Trinajstić information content (AvgIpc) is 2.54. The Hall–Kier alpha value is -1.59. The van der Waals surface area contributed by atoms with Gasteiger partial charge in [0.2, 0.25) is 0 Å². The molecule has 0 aliphatic carbocycles. The normalized spacial score (nSPS) is 21.3. The fraction of sp³-hybridized carbons (Fsp3) is 0.611. The Morgan fingerprint density at radius 3 is 2.43 bits per heavy atom. The van der Waals surface area contributed by atoms with Crippen LogP contribution in [-0.2, 0) is 4.74 Å². The quantitative estimate of drug-likeness (QED) is 0.758. The Labute approximate surface area is 139 Å². The molecule has 1 saturated heterocycles. The molecule has 1 heterocycles.